The minimum absolute atomic E-state index is 0.251. The largest absolute Gasteiger partial charge is 0.497 e. The van der Waals surface area contributed by atoms with Crippen LogP contribution in [0.15, 0.2) is 42.6 Å². The molecule has 1 aliphatic rings. The zero-order valence-electron chi connectivity index (χ0n) is 15.4. The Bertz CT molecular complexity index is 982. The number of rotatable bonds is 7. The summed E-state index contributed by atoms with van der Waals surface area (Å²) in [5.74, 6) is 3.76. The van der Waals surface area contributed by atoms with Crippen LogP contribution >= 0.6 is 0 Å². The molecule has 0 unspecified atom stereocenters. The van der Waals surface area contributed by atoms with Crippen molar-refractivity contribution >= 4 is 17.5 Å². The van der Waals surface area contributed by atoms with Crippen molar-refractivity contribution in [2.45, 2.75) is 6.54 Å². The van der Waals surface area contributed by atoms with Crippen LogP contribution in [-0.2, 0) is 6.54 Å². The second kappa shape index (κ2) is 7.87. The van der Waals surface area contributed by atoms with Crippen LogP contribution in [0, 0.1) is 0 Å². The highest BCUT2D eigenvalue weighted by atomic mass is 16.7. The molecular weight excluding hydrogens is 362 g/mol. The van der Waals surface area contributed by atoms with E-state index in [0.29, 0.717) is 35.5 Å². The minimum Gasteiger partial charge on any atom is -0.497 e. The van der Waals surface area contributed by atoms with E-state index in [0.717, 1.165) is 17.1 Å². The predicted octanol–water partition coefficient (Wildman–Crippen LogP) is 2.97. The fourth-order valence-electron chi connectivity index (χ4n) is 2.72. The van der Waals surface area contributed by atoms with E-state index in [4.69, 9.17) is 18.9 Å². The first-order valence-corrected chi connectivity index (χ1v) is 8.56. The van der Waals surface area contributed by atoms with Crippen LogP contribution in [-0.4, -0.2) is 36.2 Å². The summed E-state index contributed by atoms with van der Waals surface area (Å²) in [6.45, 7) is 0.769. The van der Waals surface area contributed by atoms with E-state index < -0.39 is 0 Å². The molecule has 0 saturated heterocycles. The van der Waals surface area contributed by atoms with E-state index >= 15 is 0 Å². The van der Waals surface area contributed by atoms with Crippen LogP contribution in [0.5, 0.6) is 23.0 Å². The van der Waals surface area contributed by atoms with Crippen molar-refractivity contribution in [2.75, 3.05) is 31.6 Å². The zero-order chi connectivity index (χ0) is 19.3. The number of hydrogen-bond donors (Lipinski definition) is 2. The number of hydrogen-bond acceptors (Lipinski definition) is 9. The molecule has 0 aliphatic carbocycles. The normalized spacial score (nSPS) is 11.8. The minimum atomic E-state index is 0.251. The van der Waals surface area contributed by atoms with Gasteiger partial charge in [0.15, 0.2) is 17.3 Å². The van der Waals surface area contributed by atoms with Crippen molar-refractivity contribution in [3.8, 4) is 23.0 Å². The number of ether oxygens (including phenoxy) is 4. The van der Waals surface area contributed by atoms with Gasteiger partial charge in [0.2, 0.25) is 12.7 Å². The quantitative estimate of drug-likeness (QED) is 0.640. The van der Waals surface area contributed by atoms with Crippen molar-refractivity contribution in [2.24, 2.45) is 0 Å². The Morgan fingerprint density at radius 3 is 2.79 bits per heavy atom. The number of aromatic nitrogens is 3. The molecule has 0 saturated carbocycles. The van der Waals surface area contributed by atoms with Gasteiger partial charge < -0.3 is 29.6 Å². The Balaban J connectivity index is 1.46. The summed E-state index contributed by atoms with van der Waals surface area (Å²) in [4.78, 5) is 4.44. The summed E-state index contributed by atoms with van der Waals surface area (Å²) in [5, 5.41) is 14.3. The molecule has 4 rings (SSSR count). The Kier molecular flexibility index (Phi) is 4.96. The summed E-state index contributed by atoms with van der Waals surface area (Å²) in [7, 11) is 3.21. The molecule has 9 heteroatoms. The van der Waals surface area contributed by atoms with Crippen LogP contribution < -0.4 is 29.6 Å². The molecule has 0 bridgehead atoms. The predicted molar refractivity (Wildman–Crippen MR) is 103 cm³/mol. The molecule has 9 nitrogen and oxygen atoms in total. The number of anilines is 3. The second-order valence-electron chi connectivity index (χ2n) is 5.90. The first kappa shape index (κ1) is 17.7. The molecule has 144 valence electrons. The molecule has 1 aliphatic heterocycles. The average molecular weight is 381 g/mol. The summed E-state index contributed by atoms with van der Waals surface area (Å²) in [5.41, 5.74) is 1.73. The Labute approximate surface area is 161 Å². The Morgan fingerprint density at radius 2 is 1.93 bits per heavy atom. The molecule has 0 atom stereocenters. The fourth-order valence-corrected chi connectivity index (χ4v) is 2.72. The van der Waals surface area contributed by atoms with Crippen LogP contribution in [0.4, 0.5) is 17.5 Å². The van der Waals surface area contributed by atoms with Crippen molar-refractivity contribution in [3.05, 3.63) is 48.2 Å². The number of nitrogens with one attached hydrogen (secondary N) is 2. The molecule has 2 N–H and O–H groups in total. The van der Waals surface area contributed by atoms with Gasteiger partial charge in [-0.25, -0.2) is 0 Å². The first-order chi connectivity index (χ1) is 13.7. The van der Waals surface area contributed by atoms with Gasteiger partial charge in [-0.1, -0.05) is 6.07 Å². The summed E-state index contributed by atoms with van der Waals surface area (Å²) >= 11 is 0. The Morgan fingerprint density at radius 1 is 1.04 bits per heavy atom. The molecule has 28 heavy (non-hydrogen) atoms. The van der Waals surface area contributed by atoms with Gasteiger partial charge in [0.05, 0.1) is 26.1 Å². The van der Waals surface area contributed by atoms with E-state index in [9.17, 15) is 0 Å². The second-order valence-corrected chi connectivity index (χ2v) is 5.90. The molecule has 3 aromatic rings. The van der Waals surface area contributed by atoms with Gasteiger partial charge in [-0.05, 0) is 29.8 Å². The Hall–Kier alpha value is -3.75. The summed E-state index contributed by atoms with van der Waals surface area (Å²) in [6, 6.07) is 11.2. The highest BCUT2D eigenvalue weighted by molar-refractivity contribution is 5.66. The van der Waals surface area contributed by atoms with E-state index in [-0.39, 0.29) is 6.79 Å². The van der Waals surface area contributed by atoms with Gasteiger partial charge in [-0.2, -0.15) is 10.1 Å². The van der Waals surface area contributed by atoms with Gasteiger partial charge in [-0.15, -0.1) is 5.10 Å². The highest BCUT2D eigenvalue weighted by Crippen LogP contribution is 2.33. The lowest BCUT2D eigenvalue weighted by Crippen LogP contribution is -2.06. The monoisotopic (exact) mass is 381 g/mol. The van der Waals surface area contributed by atoms with Crippen molar-refractivity contribution in [3.63, 3.8) is 0 Å². The molecule has 0 amide bonds. The van der Waals surface area contributed by atoms with Crippen LogP contribution in [0.3, 0.4) is 0 Å². The molecule has 0 radical (unpaired) electrons. The molecule has 2 aromatic carbocycles. The maximum atomic E-state index is 5.39. The lowest BCUT2D eigenvalue weighted by atomic mass is 10.2. The van der Waals surface area contributed by atoms with E-state index in [2.05, 4.69) is 25.8 Å². The van der Waals surface area contributed by atoms with E-state index in [1.807, 2.05) is 36.4 Å². The summed E-state index contributed by atoms with van der Waals surface area (Å²) in [6.07, 6.45) is 1.53. The highest BCUT2D eigenvalue weighted by Gasteiger charge is 2.13. The van der Waals surface area contributed by atoms with E-state index in [1.54, 1.807) is 14.2 Å². The third kappa shape index (κ3) is 3.83. The van der Waals surface area contributed by atoms with Crippen LogP contribution in [0.1, 0.15) is 5.56 Å². The van der Waals surface area contributed by atoms with Crippen molar-refractivity contribution < 1.29 is 18.9 Å². The third-order valence-corrected chi connectivity index (χ3v) is 4.12. The van der Waals surface area contributed by atoms with Gasteiger partial charge in [0, 0.05) is 12.6 Å². The van der Waals surface area contributed by atoms with Crippen molar-refractivity contribution in [1.82, 2.24) is 15.2 Å². The smallest absolute Gasteiger partial charge is 0.244 e. The van der Waals surface area contributed by atoms with Crippen LogP contribution in [0.2, 0.25) is 0 Å². The maximum absolute atomic E-state index is 5.39. The molecule has 2 heterocycles. The zero-order valence-corrected chi connectivity index (χ0v) is 15.4. The SMILES string of the molecule is COc1ccc(OC)c(Nc2cnnc(NCc3ccc4c(c3)OCO4)n2)c1. The molecular formula is C19H19N5O4. The molecule has 0 spiro atoms. The number of methoxy groups -OCH3 is 2. The van der Waals surface area contributed by atoms with E-state index in [1.165, 1.54) is 6.20 Å². The standard InChI is InChI=1S/C19H19N5O4/c1-25-13-4-6-15(26-2)14(8-13)22-18-10-21-24-19(23-18)20-9-12-3-5-16-17(7-12)28-11-27-16/h3-8,10H,9,11H2,1-2H3,(H2,20,22,23,24). The van der Waals surface area contributed by atoms with Gasteiger partial charge in [-0.3, -0.25) is 0 Å². The fraction of sp³-hybridized carbons (Fsp3) is 0.211. The number of benzene rings is 2. The lowest BCUT2D eigenvalue weighted by Gasteiger charge is -2.12. The number of fused-ring (bicyclic) bond motifs is 1. The third-order valence-electron chi connectivity index (χ3n) is 4.12. The first-order valence-electron chi connectivity index (χ1n) is 8.56. The van der Waals surface area contributed by atoms with Gasteiger partial charge >= 0.3 is 0 Å². The molecule has 0 fully saturated rings. The number of nitrogens with zero attached hydrogens (tertiary/aromatic N) is 3. The summed E-state index contributed by atoms with van der Waals surface area (Å²) < 4.78 is 21.3. The van der Waals surface area contributed by atoms with Gasteiger partial charge in [0.25, 0.3) is 0 Å². The molecule has 1 aromatic heterocycles. The maximum Gasteiger partial charge on any atom is 0.244 e. The average Bonchev–Trinajstić information content (AvgIpc) is 3.20. The van der Waals surface area contributed by atoms with Gasteiger partial charge in [0.1, 0.15) is 11.5 Å². The van der Waals surface area contributed by atoms with Crippen molar-refractivity contribution in [1.29, 1.82) is 0 Å². The topological polar surface area (TPSA) is 99.7 Å². The van der Waals surface area contributed by atoms with Crippen LogP contribution in [0.25, 0.3) is 0 Å². The lowest BCUT2D eigenvalue weighted by molar-refractivity contribution is 0.174.